The van der Waals surface area contributed by atoms with Crippen molar-refractivity contribution < 1.29 is 24.2 Å². The number of hydrogen-bond acceptors (Lipinski definition) is 4. The maximum atomic E-state index is 11.3. The van der Waals surface area contributed by atoms with E-state index in [0.717, 1.165) is 5.56 Å². The van der Waals surface area contributed by atoms with Crippen LogP contribution in [0.25, 0.3) is 0 Å². The first kappa shape index (κ1) is 15.8. The van der Waals surface area contributed by atoms with Crippen LogP contribution in [0.4, 0.5) is 0 Å². The molecule has 110 valence electrons. The summed E-state index contributed by atoms with van der Waals surface area (Å²) < 4.78 is 10.3. The minimum atomic E-state index is -1.02. The van der Waals surface area contributed by atoms with E-state index in [-0.39, 0.29) is 12.5 Å². The number of methoxy groups -OCH3 is 2. The molecule has 0 radical (unpaired) electrons. The van der Waals surface area contributed by atoms with Crippen LogP contribution in [-0.2, 0) is 16.0 Å². The minimum absolute atomic E-state index is 0.257. The molecular formula is C14H19NO5. The molecule has 1 aromatic rings. The summed E-state index contributed by atoms with van der Waals surface area (Å²) in [5.41, 5.74) is 0.944. The minimum Gasteiger partial charge on any atom is -0.493 e. The molecule has 1 rings (SSSR count). The van der Waals surface area contributed by atoms with Crippen molar-refractivity contribution in [2.45, 2.75) is 13.3 Å². The molecule has 0 saturated carbocycles. The third-order valence-corrected chi connectivity index (χ3v) is 2.89. The number of hydrogen-bond donors (Lipinski definition) is 1. The van der Waals surface area contributed by atoms with Gasteiger partial charge in [-0.15, -0.1) is 0 Å². The molecular weight excluding hydrogens is 262 g/mol. The largest absolute Gasteiger partial charge is 0.493 e. The molecule has 1 amide bonds. The van der Waals surface area contributed by atoms with Crippen molar-refractivity contribution in [1.82, 2.24) is 4.90 Å². The van der Waals surface area contributed by atoms with Crippen LogP contribution in [0.15, 0.2) is 18.2 Å². The molecule has 6 nitrogen and oxygen atoms in total. The molecule has 0 saturated heterocycles. The number of rotatable bonds is 7. The lowest BCUT2D eigenvalue weighted by atomic mass is 10.1. The Balaban J connectivity index is 2.72. The first-order valence-electron chi connectivity index (χ1n) is 6.16. The van der Waals surface area contributed by atoms with Crippen LogP contribution < -0.4 is 9.47 Å². The highest BCUT2D eigenvalue weighted by Gasteiger charge is 2.13. The van der Waals surface area contributed by atoms with E-state index in [1.165, 1.54) is 11.8 Å². The van der Waals surface area contributed by atoms with Crippen molar-refractivity contribution in [1.29, 1.82) is 0 Å². The van der Waals surface area contributed by atoms with Crippen molar-refractivity contribution >= 4 is 11.9 Å². The van der Waals surface area contributed by atoms with Gasteiger partial charge in [0.2, 0.25) is 5.91 Å². The SMILES string of the molecule is COc1ccc(CCN(CC(=O)O)C(C)=O)cc1OC. The van der Waals surface area contributed by atoms with E-state index in [1.54, 1.807) is 20.3 Å². The van der Waals surface area contributed by atoms with E-state index in [0.29, 0.717) is 24.5 Å². The van der Waals surface area contributed by atoms with Crippen LogP contribution in [-0.4, -0.2) is 49.2 Å². The smallest absolute Gasteiger partial charge is 0.323 e. The Morgan fingerprint density at radius 2 is 1.85 bits per heavy atom. The Bertz CT molecular complexity index is 486. The van der Waals surface area contributed by atoms with Crippen LogP contribution in [0.5, 0.6) is 11.5 Å². The number of benzene rings is 1. The highest BCUT2D eigenvalue weighted by molar-refractivity contribution is 5.79. The zero-order valence-electron chi connectivity index (χ0n) is 11.9. The van der Waals surface area contributed by atoms with E-state index in [4.69, 9.17) is 14.6 Å². The zero-order valence-corrected chi connectivity index (χ0v) is 11.9. The predicted octanol–water partition coefficient (Wildman–Crippen LogP) is 1.18. The lowest BCUT2D eigenvalue weighted by Crippen LogP contribution is -2.35. The molecule has 0 fully saturated rings. The van der Waals surface area contributed by atoms with Gasteiger partial charge < -0.3 is 19.5 Å². The topological polar surface area (TPSA) is 76.1 Å². The summed E-state index contributed by atoms with van der Waals surface area (Å²) in [7, 11) is 3.11. The second kappa shape index (κ2) is 7.37. The van der Waals surface area contributed by atoms with E-state index in [9.17, 15) is 9.59 Å². The second-order valence-corrected chi connectivity index (χ2v) is 4.27. The summed E-state index contributed by atoms with van der Waals surface area (Å²) in [5, 5.41) is 8.75. The van der Waals surface area contributed by atoms with E-state index in [2.05, 4.69) is 0 Å². The summed E-state index contributed by atoms with van der Waals surface area (Å²) in [5.74, 6) is -0.0387. The highest BCUT2D eigenvalue weighted by atomic mass is 16.5. The second-order valence-electron chi connectivity index (χ2n) is 4.27. The van der Waals surface area contributed by atoms with Gasteiger partial charge in [0.25, 0.3) is 0 Å². The number of ether oxygens (including phenoxy) is 2. The molecule has 0 spiro atoms. The van der Waals surface area contributed by atoms with E-state index < -0.39 is 5.97 Å². The Hall–Kier alpha value is -2.24. The number of carbonyl (C=O) groups is 2. The van der Waals surface area contributed by atoms with Crippen molar-refractivity contribution in [2.75, 3.05) is 27.3 Å². The molecule has 0 atom stereocenters. The van der Waals surface area contributed by atoms with Gasteiger partial charge in [0, 0.05) is 13.5 Å². The van der Waals surface area contributed by atoms with Gasteiger partial charge in [-0.2, -0.15) is 0 Å². The van der Waals surface area contributed by atoms with Crippen molar-refractivity contribution in [3.05, 3.63) is 23.8 Å². The quantitative estimate of drug-likeness (QED) is 0.812. The third kappa shape index (κ3) is 4.46. The van der Waals surface area contributed by atoms with E-state index >= 15 is 0 Å². The van der Waals surface area contributed by atoms with Crippen LogP contribution in [0.2, 0.25) is 0 Å². The molecule has 1 N–H and O–H groups in total. The van der Waals surface area contributed by atoms with Crippen molar-refractivity contribution in [3.63, 3.8) is 0 Å². The van der Waals surface area contributed by atoms with Gasteiger partial charge in [-0.3, -0.25) is 9.59 Å². The summed E-state index contributed by atoms with van der Waals surface area (Å²) >= 11 is 0. The van der Waals surface area contributed by atoms with Gasteiger partial charge in [0.1, 0.15) is 6.54 Å². The van der Waals surface area contributed by atoms with Gasteiger partial charge in [0.15, 0.2) is 11.5 Å². The fraction of sp³-hybridized carbons (Fsp3) is 0.429. The van der Waals surface area contributed by atoms with Crippen LogP contribution in [0, 0.1) is 0 Å². The van der Waals surface area contributed by atoms with Gasteiger partial charge in [-0.1, -0.05) is 6.07 Å². The van der Waals surface area contributed by atoms with Crippen LogP contribution in [0.3, 0.4) is 0 Å². The predicted molar refractivity (Wildman–Crippen MR) is 73.1 cm³/mol. The van der Waals surface area contributed by atoms with Gasteiger partial charge in [0.05, 0.1) is 14.2 Å². The fourth-order valence-corrected chi connectivity index (χ4v) is 1.81. The fourth-order valence-electron chi connectivity index (χ4n) is 1.81. The lowest BCUT2D eigenvalue weighted by Gasteiger charge is -2.19. The highest BCUT2D eigenvalue weighted by Crippen LogP contribution is 2.27. The number of carboxylic acid groups (broad SMARTS) is 1. The Kier molecular flexibility index (Phi) is 5.83. The third-order valence-electron chi connectivity index (χ3n) is 2.89. The van der Waals surface area contributed by atoms with E-state index in [1.807, 2.05) is 12.1 Å². The van der Waals surface area contributed by atoms with Crippen LogP contribution >= 0.6 is 0 Å². The van der Waals surface area contributed by atoms with Crippen molar-refractivity contribution in [3.8, 4) is 11.5 Å². The maximum Gasteiger partial charge on any atom is 0.323 e. The molecule has 20 heavy (non-hydrogen) atoms. The van der Waals surface area contributed by atoms with Gasteiger partial charge >= 0.3 is 5.97 Å². The Morgan fingerprint density at radius 3 is 2.35 bits per heavy atom. The molecule has 1 aromatic carbocycles. The summed E-state index contributed by atoms with van der Waals surface area (Å²) in [6.07, 6.45) is 0.549. The summed E-state index contributed by atoms with van der Waals surface area (Å²) in [6.45, 7) is 1.41. The summed E-state index contributed by atoms with van der Waals surface area (Å²) in [6, 6.07) is 5.46. The average molecular weight is 281 g/mol. The Morgan fingerprint density at radius 1 is 1.20 bits per heavy atom. The first-order chi connectivity index (χ1) is 9.47. The normalized spacial score (nSPS) is 9.95. The number of carbonyl (C=O) groups excluding carboxylic acids is 1. The number of carboxylic acids is 1. The maximum absolute atomic E-state index is 11.3. The molecule has 0 heterocycles. The van der Waals surface area contributed by atoms with Gasteiger partial charge in [-0.05, 0) is 24.1 Å². The standard InChI is InChI=1S/C14H19NO5/c1-10(16)15(9-14(17)18)7-6-11-4-5-12(19-2)13(8-11)20-3/h4-5,8H,6-7,9H2,1-3H3,(H,17,18). The number of aliphatic carboxylic acids is 1. The molecule has 0 aliphatic rings. The number of amides is 1. The Labute approximate surface area is 117 Å². The van der Waals surface area contributed by atoms with Gasteiger partial charge in [-0.25, -0.2) is 0 Å². The molecule has 0 aromatic heterocycles. The zero-order chi connectivity index (χ0) is 15.1. The molecule has 0 aliphatic carbocycles. The summed E-state index contributed by atoms with van der Waals surface area (Å²) in [4.78, 5) is 23.3. The monoisotopic (exact) mass is 281 g/mol. The first-order valence-corrected chi connectivity index (χ1v) is 6.16. The number of nitrogens with zero attached hydrogens (tertiary/aromatic N) is 1. The molecule has 6 heteroatoms. The molecule has 0 aliphatic heterocycles. The lowest BCUT2D eigenvalue weighted by molar-refractivity contribution is -0.143. The molecule has 0 unspecified atom stereocenters. The van der Waals surface area contributed by atoms with Crippen LogP contribution in [0.1, 0.15) is 12.5 Å². The average Bonchev–Trinajstić information content (AvgIpc) is 2.42. The van der Waals surface area contributed by atoms with Crippen molar-refractivity contribution in [2.24, 2.45) is 0 Å². The molecule has 0 bridgehead atoms.